The molecule has 1 heterocycles. The number of aromatic nitrogens is 2. The first-order valence-corrected chi connectivity index (χ1v) is 4.90. The molecule has 0 aliphatic rings. The lowest BCUT2D eigenvalue weighted by Crippen LogP contribution is -2.14. The number of hydrogen-bond donors (Lipinski definition) is 1. The van der Waals surface area contributed by atoms with Crippen LogP contribution in [0.25, 0.3) is 0 Å². The molecular formula is C9H18N4O. The fraction of sp³-hybridized carbons (Fsp3) is 0.778. The Kier molecular flexibility index (Phi) is 3.88. The highest BCUT2D eigenvalue weighted by Gasteiger charge is 2.17. The molecule has 2 N–H and O–H groups in total. The summed E-state index contributed by atoms with van der Waals surface area (Å²) in [6.07, 6.45) is 2.06. The van der Waals surface area contributed by atoms with Crippen LogP contribution in [0.15, 0.2) is 4.52 Å². The zero-order valence-electron chi connectivity index (χ0n) is 9.03. The third-order valence-corrected chi connectivity index (χ3v) is 2.10. The maximum atomic E-state index is 5.63. The second kappa shape index (κ2) is 4.95. The van der Waals surface area contributed by atoms with Crippen molar-refractivity contribution in [3.8, 4) is 0 Å². The van der Waals surface area contributed by atoms with Gasteiger partial charge in [-0.3, -0.25) is 0 Å². The van der Waals surface area contributed by atoms with Crippen LogP contribution in [0.1, 0.15) is 31.6 Å². The minimum atomic E-state index is 0.196. The van der Waals surface area contributed by atoms with Gasteiger partial charge in [-0.25, -0.2) is 0 Å². The highest BCUT2D eigenvalue weighted by molar-refractivity contribution is 5.24. The van der Waals surface area contributed by atoms with E-state index in [0.717, 1.165) is 12.8 Å². The number of nitrogens with zero attached hydrogens (tertiary/aromatic N) is 3. The summed E-state index contributed by atoms with van der Waals surface area (Å²) in [7, 11) is 3.76. The minimum absolute atomic E-state index is 0.196. The molecule has 1 aromatic heterocycles. The molecule has 0 spiro atoms. The number of nitrogens with two attached hydrogens (primary N) is 1. The van der Waals surface area contributed by atoms with Gasteiger partial charge in [0.15, 0.2) is 0 Å². The molecule has 0 aliphatic carbocycles. The van der Waals surface area contributed by atoms with E-state index in [1.165, 1.54) is 0 Å². The van der Waals surface area contributed by atoms with Crippen molar-refractivity contribution in [1.29, 1.82) is 0 Å². The lowest BCUT2D eigenvalue weighted by atomic mass is 10.0. The second-order valence-electron chi connectivity index (χ2n) is 3.55. The Bertz CT molecular complexity index is 272. The van der Waals surface area contributed by atoms with Gasteiger partial charge in [0.1, 0.15) is 0 Å². The SMILES string of the molecule is CCCC(CN)c1nc(N(C)C)no1. The van der Waals surface area contributed by atoms with Gasteiger partial charge in [-0.15, -0.1) is 0 Å². The first-order valence-electron chi connectivity index (χ1n) is 4.90. The van der Waals surface area contributed by atoms with Gasteiger partial charge in [0.2, 0.25) is 5.89 Å². The molecule has 0 bridgehead atoms. The molecule has 80 valence electrons. The Morgan fingerprint density at radius 2 is 2.21 bits per heavy atom. The van der Waals surface area contributed by atoms with Crippen LogP contribution in [0.2, 0.25) is 0 Å². The molecule has 0 fully saturated rings. The molecule has 5 nitrogen and oxygen atoms in total. The van der Waals surface area contributed by atoms with Crippen LogP contribution in [0.3, 0.4) is 0 Å². The van der Waals surface area contributed by atoms with Crippen LogP contribution in [0.4, 0.5) is 5.95 Å². The van der Waals surface area contributed by atoms with Crippen LogP contribution < -0.4 is 10.6 Å². The molecule has 1 unspecified atom stereocenters. The van der Waals surface area contributed by atoms with Crippen molar-refractivity contribution in [2.75, 3.05) is 25.5 Å². The van der Waals surface area contributed by atoms with Gasteiger partial charge in [0, 0.05) is 20.6 Å². The Hall–Kier alpha value is -1.10. The van der Waals surface area contributed by atoms with Crippen molar-refractivity contribution in [2.24, 2.45) is 5.73 Å². The summed E-state index contributed by atoms with van der Waals surface area (Å²) in [5, 5.41) is 3.85. The van der Waals surface area contributed by atoms with E-state index in [1.807, 2.05) is 19.0 Å². The molecule has 0 amide bonds. The summed E-state index contributed by atoms with van der Waals surface area (Å²) in [4.78, 5) is 6.08. The Morgan fingerprint density at radius 1 is 1.50 bits per heavy atom. The first kappa shape index (κ1) is 11.0. The van der Waals surface area contributed by atoms with Crippen molar-refractivity contribution in [3.63, 3.8) is 0 Å². The number of anilines is 1. The zero-order valence-corrected chi connectivity index (χ0v) is 9.03. The molecule has 0 aliphatic heterocycles. The normalized spacial score (nSPS) is 12.9. The van der Waals surface area contributed by atoms with E-state index >= 15 is 0 Å². The first-order chi connectivity index (χ1) is 6.69. The van der Waals surface area contributed by atoms with Crippen molar-refractivity contribution >= 4 is 5.95 Å². The predicted octanol–water partition coefficient (Wildman–Crippen LogP) is 0.978. The van der Waals surface area contributed by atoms with Crippen LogP contribution in [-0.4, -0.2) is 30.8 Å². The van der Waals surface area contributed by atoms with Gasteiger partial charge >= 0.3 is 0 Å². The average Bonchev–Trinajstić information content (AvgIpc) is 2.63. The maximum Gasteiger partial charge on any atom is 0.265 e. The minimum Gasteiger partial charge on any atom is -0.344 e. The second-order valence-corrected chi connectivity index (χ2v) is 3.55. The highest BCUT2D eigenvalue weighted by atomic mass is 16.5. The van der Waals surface area contributed by atoms with E-state index in [2.05, 4.69) is 17.1 Å². The summed E-state index contributed by atoms with van der Waals surface area (Å²) < 4.78 is 5.15. The summed E-state index contributed by atoms with van der Waals surface area (Å²) in [6.45, 7) is 2.68. The van der Waals surface area contributed by atoms with Crippen LogP contribution in [0, 0.1) is 0 Å². The van der Waals surface area contributed by atoms with E-state index < -0.39 is 0 Å². The fourth-order valence-corrected chi connectivity index (χ4v) is 1.27. The summed E-state index contributed by atoms with van der Waals surface area (Å²) in [5.41, 5.74) is 5.63. The molecule has 1 rings (SSSR count). The quantitative estimate of drug-likeness (QED) is 0.763. The topological polar surface area (TPSA) is 68.2 Å². The number of hydrogen-bond acceptors (Lipinski definition) is 5. The lowest BCUT2D eigenvalue weighted by molar-refractivity contribution is 0.347. The average molecular weight is 198 g/mol. The summed E-state index contributed by atoms with van der Waals surface area (Å²) >= 11 is 0. The Labute approximate surface area is 84.3 Å². The van der Waals surface area contributed by atoms with Crippen molar-refractivity contribution in [2.45, 2.75) is 25.7 Å². The molecule has 1 aromatic rings. The third kappa shape index (κ3) is 2.45. The van der Waals surface area contributed by atoms with Crippen LogP contribution in [-0.2, 0) is 0 Å². The van der Waals surface area contributed by atoms with E-state index in [1.54, 1.807) is 0 Å². The standard InChI is InChI=1S/C9H18N4O/c1-4-5-7(6-10)8-11-9(12-14-8)13(2)3/h7H,4-6,10H2,1-3H3. The Morgan fingerprint density at radius 3 is 2.64 bits per heavy atom. The predicted molar refractivity (Wildman–Crippen MR) is 55.3 cm³/mol. The Balaban J connectivity index is 2.73. The van der Waals surface area contributed by atoms with Crippen LogP contribution >= 0.6 is 0 Å². The lowest BCUT2D eigenvalue weighted by Gasteiger charge is -2.07. The van der Waals surface area contributed by atoms with E-state index in [-0.39, 0.29) is 5.92 Å². The van der Waals surface area contributed by atoms with Crippen molar-refractivity contribution < 1.29 is 4.52 Å². The van der Waals surface area contributed by atoms with E-state index in [0.29, 0.717) is 18.4 Å². The van der Waals surface area contributed by atoms with Crippen LogP contribution in [0.5, 0.6) is 0 Å². The molecule has 0 saturated carbocycles. The van der Waals surface area contributed by atoms with Gasteiger partial charge in [0.25, 0.3) is 5.95 Å². The third-order valence-electron chi connectivity index (χ3n) is 2.10. The molecule has 5 heteroatoms. The molecule has 0 radical (unpaired) electrons. The molecule has 0 aromatic carbocycles. The monoisotopic (exact) mass is 198 g/mol. The largest absolute Gasteiger partial charge is 0.344 e. The molecule has 1 atom stereocenters. The highest BCUT2D eigenvalue weighted by Crippen LogP contribution is 2.19. The molecule has 0 saturated heterocycles. The van der Waals surface area contributed by atoms with E-state index in [4.69, 9.17) is 10.3 Å². The van der Waals surface area contributed by atoms with Gasteiger partial charge in [-0.2, -0.15) is 4.98 Å². The number of rotatable bonds is 5. The molecule has 14 heavy (non-hydrogen) atoms. The van der Waals surface area contributed by atoms with Gasteiger partial charge in [-0.05, 0) is 11.6 Å². The maximum absolute atomic E-state index is 5.63. The summed E-state index contributed by atoms with van der Waals surface area (Å²) in [5.74, 6) is 1.45. The van der Waals surface area contributed by atoms with E-state index in [9.17, 15) is 0 Å². The summed E-state index contributed by atoms with van der Waals surface area (Å²) in [6, 6.07) is 0. The fourth-order valence-electron chi connectivity index (χ4n) is 1.27. The zero-order chi connectivity index (χ0) is 10.6. The van der Waals surface area contributed by atoms with Gasteiger partial charge in [0.05, 0.1) is 5.92 Å². The van der Waals surface area contributed by atoms with Gasteiger partial charge in [-0.1, -0.05) is 13.3 Å². The smallest absolute Gasteiger partial charge is 0.265 e. The van der Waals surface area contributed by atoms with Crippen molar-refractivity contribution in [3.05, 3.63) is 5.89 Å². The van der Waals surface area contributed by atoms with Crippen molar-refractivity contribution in [1.82, 2.24) is 10.1 Å². The molecular weight excluding hydrogens is 180 g/mol. The van der Waals surface area contributed by atoms with Gasteiger partial charge < -0.3 is 15.2 Å².